The molecule has 1 aliphatic heterocycles. The Morgan fingerprint density at radius 2 is 2.15 bits per heavy atom. The van der Waals surface area contributed by atoms with Gasteiger partial charge in [0.2, 0.25) is 0 Å². The quantitative estimate of drug-likeness (QED) is 0.553. The largest absolute Gasteiger partial charge is 0.428 e. The number of hydrogen-bond acceptors (Lipinski definition) is 4. The molecular weight excluding hydrogens is 445 g/mol. The highest BCUT2D eigenvalue weighted by Gasteiger charge is 2.35. The van der Waals surface area contributed by atoms with Crippen molar-refractivity contribution in [3.63, 3.8) is 0 Å². The summed E-state index contributed by atoms with van der Waals surface area (Å²) >= 11 is 7.54. The van der Waals surface area contributed by atoms with Crippen LogP contribution in [0.15, 0.2) is 18.2 Å². The Labute approximate surface area is 160 Å². The van der Waals surface area contributed by atoms with E-state index in [0.29, 0.717) is 12.0 Å². The van der Waals surface area contributed by atoms with E-state index in [9.17, 15) is 22.8 Å². The van der Waals surface area contributed by atoms with E-state index in [1.54, 1.807) is 11.4 Å². The first-order chi connectivity index (χ1) is 12.2. The molecular formula is C15H15BrClF3N2O4. The fourth-order valence-electron chi connectivity index (χ4n) is 2.29. The summed E-state index contributed by atoms with van der Waals surface area (Å²) in [6.07, 6.45) is -0.830. The third kappa shape index (κ3) is 5.75. The van der Waals surface area contributed by atoms with Gasteiger partial charge in [-0.3, -0.25) is 4.79 Å². The fourth-order valence-corrected chi connectivity index (χ4v) is 2.54. The van der Waals surface area contributed by atoms with Gasteiger partial charge < -0.3 is 19.7 Å². The van der Waals surface area contributed by atoms with E-state index < -0.39 is 35.5 Å². The van der Waals surface area contributed by atoms with Gasteiger partial charge in [0.05, 0.1) is 17.7 Å². The molecule has 1 atom stereocenters. The Kier molecular flexibility index (Phi) is 7.13. The number of rotatable bonds is 4. The molecule has 1 heterocycles. The van der Waals surface area contributed by atoms with E-state index in [0.717, 1.165) is 0 Å². The maximum absolute atomic E-state index is 13.6. The highest BCUT2D eigenvalue weighted by molar-refractivity contribution is 9.10. The number of alkyl halides is 3. The van der Waals surface area contributed by atoms with Crippen LogP contribution in [0.5, 0.6) is 0 Å². The zero-order chi connectivity index (χ0) is 19.3. The minimum absolute atomic E-state index is 0.00341. The molecule has 1 unspecified atom stereocenters. The summed E-state index contributed by atoms with van der Waals surface area (Å²) in [5, 5.41) is 1.77. The molecule has 26 heavy (non-hydrogen) atoms. The van der Waals surface area contributed by atoms with Gasteiger partial charge in [0.25, 0.3) is 0 Å². The molecule has 11 heteroatoms. The average molecular weight is 460 g/mol. The standard InChI is InChI=1S/C15H15BrClF3N2O4/c16-15(19,20)13(23)21-8-26-14(24)22-4-3-12(25-6-5-22)9-1-2-10(17)11(18)7-9/h1-2,7,12H,3-6,8H2,(H,21,23). The van der Waals surface area contributed by atoms with E-state index in [1.807, 2.05) is 15.9 Å². The lowest BCUT2D eigenvalue weighted by molar-refractivity contribution is -0.135. The van der Waals surface area contributed by atoms with Crippen LogP contribution >= 0.6 is 27.5 Å². The van der Waals surface area contributed by atoms with Crippen molar-refractivity contribution in [2.45, 2.75) is 17.4 Å². The van der Waals surface area contributed by atoms with Crippen LogP contribution in [-0.2, 0) is 14.3 Å². The van der Waals surface area contributed by atoms with Crippen LogP contribution < -0.4 is 5.32 Å². The number of hydrogen-bond donors (Lipinski definition) is 1. The Bertz CT molecular complexity index is 675. The number of nitrogens with zero attached hydrogens (tertiary/aromatic N) is 1. The lowest BCUT2D eigenvalue weighted by atomic mass is 10.1. The molecule has 1 aromatic rings. The van der Waals surface area contributed by atoms with Gasteiger partial charge in [-0.25, -0.2) is 9.18 Å². The van der Waals surface area contributed by atoms with E-state index in [1.165, 1.54) is 17.0 Å². The van der Waals surface area contributed by atoms with Crippen molar-refractivity contribution < 1.29 is 32.2 Å². The van der Waals surface area contributed by atoms with Crippen molar-refractivity contribution in [3.8, 4) is 0 Å². The van der Waals surface area contributed by atoms with Gasteiger partial charge in [-0.15, -0.1) is 0 Å². The molecule has 2 rings (SSSR count). The lowest BCUT2D eigenvalue weighted by Gasteiger charge is -2.19. The number of nitrogens with one attached hydrogen (secondary N) is 1. The molecule has 6 nitrogen and oxygen atoms in total. The summed E-state index contributed by atoms with van der Waals surface area (Å²) in [7, 11) is 0. The summed E-state index contributed by atoms with van der Waals surface area (Å²) in [5.74, 6) is -2.18. The van der Waals surface area contributed by atoms with E-state index >= 15 is 0 Å². The minimum atomic E-state index is -3.74. The lowest BCUT2D eigenvalue weighted by Crippen LogP contribution is -2.40. The molecule has 144 valence electrons. The highest BCUT2D eigenvalue weighted by atomic mass is 79.9. The van der Waals surface area contributed by atoms with Gasteiger partial charge in [-0.2, -0.15) is 8.78 Å². The average Bonchev–Trinajstić information content (AvgIpc) is 2.82. The number of benzene rings is 1. The zero-order valence-electron chi connectivity index (χ0n) is 13.3. The Morgan fingerprint density at radius 1 is 1.42 bits per heavy atom. The van der Waals surface area contributed by atoms with Crippen LogP contribution in [0.2, 0.25) is 5.02 Å². The molecule has 0 radical (unpaired) electrons. The Hall–Kier alpha value is -1.52. The molecule has 1 aliphatic rings. The molecule has 0 bridgehead atoms. The van der Waals surface area contributed by atoms with Crippen LogP contribution in [0, 0.1) is 5.82 Å². The second-order valence-corrected chi connectivity index (χ2v) is 6.77. The van der Waals surface area contributed by atoms with Crippen molar-refractivity contribution in [2.75, 3.05) is 26.4 Å². The summed E-state index contributed by atoms with van der Waals surface area (Å²) in [6, 6.07) is 4.34. The topological polar surface area (TPSA) is 67.9 Å². The molecule has 2 amide bonds. The molecule has 1 N–H and O–H groups in total. The predicted octanol–water partition coefficient (Wildman–Crippen LogP) is 3.44. The normalized spacial score (nSPS) is 18.2. The Morgan fingerprint density at radius 3 is 2.81 bits per heavy atom. The van der Waals surface area contributed by atoms with Gasteiger partial charge in [0.15, 0.2) is 6.73 Å². The SMILES string of the molecule is O=C(OCNC(=O)C(F)(F)Br)N1CCOC(c2ccc(Cl)c(F)c2)CC1. The van der Waals surface area contributed by atoms with Crippen molar-refractivity contribution in [1.82, 2.24) is 10.2 Å². The number of ether oxygens (including phenoxy) is 2. The van der Waals surface area contributed by atoms with Crippen molar-refractivity contribution >= 4 is 39.5 Å². The molecule has 0 aliphatic carbocycles. The minimum Gasteiger partial charge on any atom is -0.428 e. The zero-order valence-corrected chi connectivity index (χ0v) is 15.7. The van der Waals surface area contributed by atoms with Crippen molar-refractivity contribution in [1.29, 1.82) is 0 Å². The molecule has 0 saturated carbocycles. The third-order valence-electron chi connectivity index (χ3n) is 3.60. The maximum atomic E-state index is 13.6. The van der Waals surface area contributed by atoms with Crippen LogP contribution in [0.3, 0.4) is 0 Å². The monoisotopic (exact) mass is 458 g/mol. The molecule has 0 aromatic heterocycles. The number of carbonyl (C=O) groups excluding carboxylic acids is 2. The van der Waals surface area contributed by atoms with Gasteiger partial charge in [-0.1, -0.05) is 17.7 Å². The molecule has 0 spiro atoms. The number of amides is 2. The second-order valence-electron chi connectivity index (χ2n) is 5.37. The molecule has 1 aromatic carbocycles. The third-order valence-corrected chi connectivity index (χ3v) is 4.27. The highest BCUT2D eigenvalue weighted by Crippen LogP contribution is 2.27. The van der Waals surface area contributed by atoms with Gasteiger partial charge in [-0.05, 0) is 24.1 Å². The van der Waals surface area contributed by atoms with Crippen LogP contribution in [-0.4, -0.2) is 48.2 Å². The summed E-state index contributed by atoms with van der Waals surface area (Å²) < 4.78 is 49.1. The number of carbonyl (C=O) groups is 2. The van der Waals surface area contributed by atoms with Crippen LogP contribution in [0.4, 0.5) is 18.0 Å². The first kappa shape index (κ1) is 20.8. The van der Waals surface area contributed by atoms with Gasteiger partial charge in [0.1, 0.15) is 5.82 Å². The summed E-state index contributed by atoms with van der Waals surface area (Å²) in [6.45, 7) is -0.0673. The Balaban J connectivity index is 1.84. The number of halogens is 5. The summed E-state index contributed by atoms with van der Waals surface area (Å²) in [5.41, 5.74) is 0.592. The van der Waals surface area contributed by atoms with Gasteiger partial charge in [0, 0.05) is 29.0 Å². The smallest absolute Gasteiger partial charge is 0.411 e. The van der Waals surface area contributed by atoms with Crippen LogP contribution in [0.25, 0.3) is 0 Å². The maximum Gasteiger partial charge on any atom is 0.411 e. The van der Waals surface area contributed by atoms with Gasteiger partial charge >= 0.3 is 16.8 Å². The first-order valence-electron chi connectivity index (χ1n) is 7.51. The van der Waals surface area contributed by atoms with E-state index in [-0.39, 0.29) is 24.7 Å². The first-order valence-corrected chi connectivity index (χ1v) is 8.69. The molecule has 1 fully saturated rings. The fraction of sp³-hybridized carbons (Fsp3) is 0.467. The van der Waals surface area contributed by atoms with Crippen molar-refractivity contribution in [2.24, 2.45) is 0 Å². The van der Waals surface area contributed by atoms with Crippen molar-refractivity contribution in [3.05, 3.63) is 34.6 Å². The van der Waals surface area contributed by atoms with Crippen LogP contribution in [0.1, 0.15) is 18.1 Å². The predicted molar refractivity (Wildman–Crippen MR) is 89.7 cm³/mol. The van der Waals surface area contributed by atoms with E-state index in [2.05, 4.69) is 0 Å². The summed E-state index contributed by atoms with van der Waals surface area (Å²) in [4.78, 5) is 20.5. The second kappa shape index (κ2) is 8.92. The van der Waals surface area contributed by atoms with E-state index in [4.69, 9.17) is 21.1 Å². The molecule has 1 saturated heterocycles.